The van der Waals surface area contributed by atoms with E-state index >= 15 is 0 Å². The van der Waals surface area contributed by atoms with Crippen LogP contribution in [0, 0.1) is 5.92 Å². The van der Waals surface area contributed by atoms with Crippen molar-refractivity contribution in [3.05, 3.63) is 0 Å². The van der Waals surface area contributed by atoms with E-state index in [4.69, 9.17) is 0 Å². The zero-order valence-electron chi connectivity index (χ0n) is 12.5. The highest BCUT2D eigenvalue weighted by Crippen LogP contribution is 2.04. The smallest absolute Gasteiger partial charge is 0.238 e. The first-order chi connectivity index (χ1) is 9.23. The summed E-state index contributed by atoms with van der Waals surface area (Å²) in [4.78, 5) is 12.0. The first kappa shape index (κ1) is 19.7. The molecule has 0 spiro atoms. The van der Waals surface area contributed by atoms with Gasteiger partial charge in [-0.15, -0.1) is 0 Å². The molecule has 2 unspecified atom stereocenters. The average Bonchev–Trinajstić information content (AvgIpc) is 2.40. The fraction of sp³-hybridized carbons (Fsp3) is 0.917. The van der Waals surface area contributed by atoms with Crippen LogP contribution in [0.15, 0.2) is 0 Å². The lowest BCUT2D eigenvalue weighted by Crippen LogP contribution is -2.49. The molecule has 120 valence electrons. The molecule has 1 amide bonds. The Morgan fingerprint density at radius 1 is 1.35 bits per heavy atom. The Labute approximate surface area is 126 Å². The zero-order valence-corrected chi connectivity index (χ0v) is 14.2. The van der Waals surface area contributed by atoms with Crippen molar-refractivity contribution in [2.45, 2.75) is 39.3 Å². The first-order valence-electron chi connectivity index (χ1n) is 6.68. The van der Waals surface area contributed by atoms with Gasteiger partial charge in [0.05, 0.1) is 11.9 Å². The second-order valence-electron chi connectivity index (χ2n) is 4.91. The lowest BCUT2D eigenvalue weighted by Gasteiger charge is -2.20. The number of amides is 1. The molecule has 8 heteroatoms. The molecule has 0 saturated heterocycles. The predicted octanol–water partition coefficient (Wildman–Crippen LogP) is 0.181. The lowest BCUT2D eigenvalue weighted by molar-refractivity contribution is -0.123. The Kier molecular flexibility index (Phi) is 9.45. The first-order valence-corrected chi connectivity index (χ1v) is 9.72. The predicted molar refractivity (Wildman–Crippen MR) is 83.2 cm³/mol. The van der Waals surface area contributed by atoms with E-state index in [0.29, 0.717) is 12.2 Å². The quantitative estimate of drug-likeness (QED) is 0.532. The van der Waals surface area contributed by atoms with Gasteiger partial charge in [-0.05, 0) is 31.3 Å². The maximum atomic E-state index is 12.0. The van der Waals surface area contributed by atoms with Crippen molar-refractivity contribution < 1.29 is 18.3 Å². The van der Waals surface area contributed by atoms with Crippen LogP contribution in [0.25, 0.3) is 0 Å². The average molecular weight is 326 g/mol. The van der Waals surface area contributed by atoms with Crippen LogP contribution in [0.2, 0.25) is 0 Å². The molecule has 3 N–H and O–H groups in total. The monoisotopic (exact) mass is 326 g/mol. The van der Waals surface area contributed by atoms with Crippen LogP contribution in [-0.2, 0) is 14.8 Å². The SMILES string of the molecule is CCS(=O)(=O)NC(CCSC)C(=O)NCC(O)C(C)C. The maximum Gasteiger partial charge on any atom is 0.238 e. The molecule has 0 aromatic heterocycles. The molecule has 0 fully saturated rings. The third-order valence-corrected chi connectivity index (χ3v) is 4.93. The fourth-order valence-electron chi connectivity index (χ4n) is 1.34. The van der Waals surface area contributed by atoms with Crippen molar-refractivity contribution in [2.24, 2.45) is 5.92 Å². The van der Waals surface area contributed by atoms with Crippen molar-refractivity contribution in [2.75, 3.05) is 24.3 Å². The number of hydrogen-bond acceptors (Lipinski definition) is 5. The van der Waals surface area contributed by atoms with Crippen LogP contribution in [0.4, 0.5) is 0 Å². The third kappa shape index (κ3) is 8.08. The summed E-state index contributed by atoms with van der Waals surface area (Å²) >= 11 is 1.55. The van der Waals surface area contributed by atoms with E-state index in [0.717, 1.165) is 0 Å². The Bertz CT molecular complexity index is 385. The molecule has 2 atom stereocenters. The minimum Gasteiger partial charge on any atom is -0.391 e. The van der Waals surface area contributed by atoms with Crippen LogP contribution in [-0.4, -0.2) is 55.9 Å². The van der Waals surface area contributed by atoms with Gasteiger partial charge in [0, 0.05) is 6.54 Å². The van der Waals surface area contributed by atoms with E-state index in [1.54, 1.807) is 11.8 Å². The van der Waals surface area contributed by atoms with Crippen LogP contribution in [0.3, 0.4) is 0 Å². The van der Waals surface area contributed by atoms with E-state index in [1.807, 2.05) is 20.1 Å². The molecule has 20 heavy (non-hydrogen) atoms. The Morgan fingerprint density at radius 2 is 1.95 bits per heavy atom. The molecule has 0 aromatic carbocycles. The van der Waals surface area contributed by atoms with Crippen LogP contribution >= 0.6 is 11.8 Å². The van der Waals surface area contributed by atoms with Gasteiger partial charge in [-0.25, -0.2) is 13.1 Å². The standard InChI is InChI=1S/C12H26N2O4S2/c1-5-20(17,18)14-10(6-7-19-4)12(16)13-8-11(15)9(2)3/h9-11,14-15H,5-8H2,1-4H3,(H,13,16). The summed E-state index contributed by atoms with van der Waals surface area (Å²) in [7, 11) is -3.43. The number of sulfonamides is 1. The van der Waals surface area contributed by atoms with E-state index in [9.17, 15) is 18.3 Å². The van der Waals surface area contributed by atoms with Crippen molar-refractivity contribution in [3.63, 3.8) is 0 Å². The number of aliphatic hydroxyl groups excluding tert-OH is 1. The van der Waals surface area contributed by atoms with Crippen LogP contribution in [0.5, 0.6) is 0 Å². The minimum atomic E-state index is -3.43. The zero-order chi connectivity index (χ0) is 15.8. The second-order valence-corrected chi connectivity index (χ2v) is 7.94. The molecule has 0 bridgehead atoms. The van der Waals surface area contributed by atoms with Gasteiger partial charge in [-0.1, -0.05) is 13.8 Å². The van der Waals surface area contributed by atoms with Gasteiger partial charge in [0.1, 0.15) is 6.04 Å². The molecule has 0 aliphatic heterocycles. The molecular weight excluding hydrogens is 300 g/mol. The lowest BCUT2D eigenvalue weighted by atomic mass is 10.1. The summed E-state index contributed by atoms with van der Waals surface area (Å²) < 4.78 is 25.5. The Hall–Kier alpha value is -0.310. The highest BCUT2D eigenvalue weighted by molar-refractivity contribution is 7.98. The molecule has 0 aromatic rings. The Morgan fingerprint density at radius 3 is 2.40 bits per heavy atom. The molecular formula is C12H26N2O4S2. The van der Waals surface area contributed by atoms with Gasteiger partial charge in [0.2, 0.25) is 15.9 Å². The summed E-state index contributed by atoms with van der Waals surface area (Å²) in [6, 6.07) is -0.785. The van der Waals surface area contributed by atoms with Gasteiger partial charge in [0.15, 0.2) is 0 Å². The second kappa shape index (κ2) is 9.59. The topological polar surface area (TPSA) is 95.5 Å². The number of rotatable bonds is 10. The number of nitrogens with one attached hydrogen (secondary N) is 2. The normalized spacial score (nSPS) is 15.1. The fourth-order valence-corrected chi connectivity index (χ4v) is 2.64. The van der Waals surface area contributed by atoms with Gasteiger partial charge in [-0.2, -0.15) is 11.8 Å². The summed E-state index contributed by atoms with van der Waals surface area (Å²) in [5, 5.41) is 12.2. The highest BCUT2D eigenvalue weighted by atomic mass is 32.2. The molecule has 0 saturated carbocycles. The van der Waals surface area contributed by atoms with Crippen LogP contribution in [0.1, 0.15) is 27.2 Å². The Balaban J connectivity index is 4.57. The molecule has 0 aliphatic rings. The summed E-state index contributed by atoms with van der Waals surface area (Å²) in [6.45, 7) is 5.35. The number of thioether (sulfide) groups is 1. The van der Waals surface area contributed by atoms with Gasteiger partial charge >= 0.3 is 0 Å². The minimum absolute atomic E-state index is 0.0345. The van der Waals surface area contributed by atoms with E-state index in [1.165, 1.54) is 6.92 Å². The van der Waals surface area contributed by atoms with Gasteiger partial charge < -0.3 is 10.4 Å². The molecule has 0 radical (unpaired) electrons. The van der Waals surface area contributed by atoms with Crippen molar-refractivity contribution in [1.29, 1.82) is 0 Å². The van der Waals surface area contributed by atoms with Crippen molar-refractivity contribution in [3.8, 4) is 0 Å². The van der Waals surface area contributed by atoms with E-state index < -0.39 is 28.1 Å². The molecule has 6 nitrogen and oxygen atoms in total. The number of carbonyl (C=O) groups is 1. The summed E-state index contributed by atoms with van der Waals surface area (Å²) in [5.41, 5.74) is 0. The van der Waals surface area contributed by atoms with Crippen molar-refractivity contribution >= 4 is 27.7 Å². The third-order valence-electron chi connectivity index (χ3n) is 2.88. The molecule has 0 heterocycles. The van der Waals surface area contributed by atoms with Crippen LogP contribution < -0.4 is 10.0 Å². The maximum absolute atomic E-state index is 12.0. The summed E-state index contributed by atoms with van der Waals surface area (Å²) in [5.74, 6) is 0.255. The summed E-state index contributed by atoms with van der Waals surface area (Å²) in [6.07, 6.45) is 1.68. The number of hydrogen-bond donors (Lipinski definition) is 3. The largest absolute Gasteiger partial charge is 0.391 e. The van der Waals surface area contributed by atoms with Crippen molar-refractivity contribution in [1.82, 2.24) is 10.0 Å². The molecule has 0 aliphatic carbocycles. The number of aliphatic hydroxyl groups is 1. The van der Waals surface area contributed by atoms with Gasteiger partial charge in [-0.3, -0.25) is 4.79 Å². The van der Waals surface area contributed by atoms with E-state index in [2.05, 4.69) is 10.0 Å². The molecule has 0 rings (SSSR count). The van der Waals surface area contributed by atoms with E-state index in [-0.39, 0.29) is 18.2 Å². The highest BCUT2D eigenvalue weighted by Gasteiger charge is 2.23. The number of carbonyl (C=O) groups excluding carboxylic acids is 1. The van der Waals surface area contributed by atoms with Gasteiger partial charge in [0.25, 0.3) is 0 Å².